The molecule has 122 valence electrons. The molecule has 0 unspecified atom stereocenters. The van der Waals surface area contributed by atoms with Crippen molar-refractivity contribution >= 4 is 23.4 Å². The number of rotatable bonds is 3. The summed E-state index contributed by atoms with van der Waals surface area (Å²) in [5, 5.41) is 0.636. The van der Waals surface area contributed by atoms with Gasteiger partial charge in [-0.3, -0.25) is 14.5 Å². The molecule has 1 heterocycles. The largest absolute Gasteiger partial charge is 0.270 e. The van der Waals surface area contributed by atoms with Crippen LogP contribution in [-0.4, -0.2) is 16.7 Å². The Morgan fingerprint density at radius 3 is 1.96 bits per heavy atom. The molecule has 2 amide bonds. The summed E-state index contributed by atoms with van der Waals surface area (Å²) in [7, 11) is 0. The van der Waals surface area contributed by atoms with Crippen LogP contribution in [-0.2, 0) is 6.54 Å². The maximum atomic E-state index is 12.5. The number of benzene rings is 3. The number of imide groups is 1. The lowest BCUT2D eigenvalue weighted by Gasteiger charge is -2.15. The fourth-order valence-electron chi connectivity index (χ4n) is 3.08. The van der Waals surface area contributed by atoms with E-state index in [1.807, 2.05) is 42.5 Å². The topological polar surface area (TPSA) is 37.4 Å². The predicted molar refractivity (Wildman–Crippen MR) is 97.5 cm³/mol. The van der Waals surface area contributed by atoms with Crippen molar-refractivity contribution in [1.82, 2.24) is 4.90 Å². The first kappa shape index (κ1) is 15.6. The molecule has 3 aromatic rings. The van der Waals surface area contributed by atoms with Crippen molar-refractivity contribution in [2.75, 3.05) is 0 Å². The molecule has 0 saturated carbocycles. The number of hydrogen-bond acceptors (Lipinski definition) is 2. The molecule has 1 aliphatic rings. The second kappa shape index (κ2) is 6.19. The lowest BCUT2D eigenvalue weighted by Crippen LogP contribution is -2.29. The predicted octanol–water partition coefficient (Wildman–Crippen LogP) is 4.80. The number of carbonyl (C=O) groups is 2. The van der Waals surface area contributed by atoms with Crippen molar-refractivity contribution in [3.63, 3.8) is 0 Å². The van der Waals surface area contributed by atoms with E-state index in [0.717, 1.165) is 16.7 Å². The molecular formula is C21H14ClNO2. The zero-order chi connectivity index (χ0) is 17.4. The number of halogens is 1. The Kier molecular flexibility index (Phi) is 3.86. The number of fused-ring (bicyclic) bond motifs is 1. The van der Waals surface area contributed by atoms with Gasteiger partial charge in [0, 0.05) is 10.6 Å². The number of nitrogens with zero attached hydrogens (tertiary/aromatic N) is 1. The third-order valence-electron chi connectivity index (χ3n) is 4.33. The minimum Gasteiger partial charge on any atom is -0.270 e. The minimum absolute atomic E-state index is 0.226. The van der Waals surface area contributed by atoms with Crippen molar-refractivity contribution < 1.29 is 9.59 Å². The lowest BCUT2D eigenvalue weighted by molar-refractivity contribution is 0.0642. The minimum atomic E-state index is -0.253. The van der Waals surface area contributed by atoms with Crippen molar-refractivity contribution in [3.8, 4) is 11.1 Å². The Morgan fingerprint density at radius 2 is 1.32 bits per heavy atom. The standard InChI is InChI=1S/C21H14ClNO2/c22-19-11-10-14(12-18(19)15-6-2-1-3-7-15)13-23-20(24)16-8-4-5-9-17(16)21(23)25/h1-12H,13H2. The van der Waals surface area contributed by atoms with Gasteiger partial charge in [-0.1, -0.05) is 60.1 Å². The third kappa shape index (κ3) is 2.73. The number of hydrogen-bond donors (Lipinski definition) is 0. The van der Waals surface area contributed by atoms with Crippen LogP contribution in [0.15, 0.2) is 72.8 Å². The molecule has 0 saturated heterocycles. The van der Waals surface area contributed by atoms with Crippen LogP contribution in [0.3, 0.4) is 0 Å². The van der Waals surface area contributed by atoms with Crippen LogP contribution >= 0.6 is 11.6 Å². The normalized spacial score (nSPS) is 13.2. The van der Waals surface area contributed by atoms with Crippen LogP contribution in [0.25, 0.3) is 11.1 Å². The summed E-state index contributed by atoms with van der Waals surface area (Å²) < 4.78 is 0. The van der Waals surface area contributed by atoms with Gasteiger partial charge in [0.15, 0.2) is 0 Å². The Hall–Kier alpha value is -2.91. The first-order valence-electron chi connectivity index (χ1n) is 7.94. The van der Waals surface area contributed by atoms with Crippen LogP contribution in [0.1, 0.15) is 26.3 Å². The molecule has 0 fully saturated rings. The first-order valence-corrected chi connectivity index (χ1v) is 8.32. The van der Waals surface area contributed by atoms with Gasteiger partial charge in [0.2, 0.25) is 0 Å². The Bertz CT molecular complexity index is 947. The molecule has 0 spiro atoms. The molecule has 4 heteroatoms. The molecule has 4 rings (SSSR count). The third-order valence-corrected chi connectivity index (χ3v) is 4.66. The van der Waals surface area contributed by atoms with Crippen molar-refractivity contribution in [2.45, 2.75) is 6.54 Å². The van der Waals surface area contributed by atoms with Gasteiger partial charge in [-0.15, -0.1) is 0 Å². The maximum absolute atomic E-state index is 12.5. The highest BCUT2D eigenvalue weighted by atomic mass is 35.5. The Balaban J connectivity index is 1.67. The summed E-state index contributed by atoms with van der Waals surface area (Å²) in [6.07, 6.45) is 0. The van der Waals surface area contributed by atoms with E-state index in [-0.39, 0.29) is 18.4 Å². The molecule has 0 radical (unpaired) electrons. The van der Waals surface area contributed by atoms with Gasteiger partial charge in [-0.2, -0.15) is 0 Å². The molecule has 0 aromatic heterocycles. The van der Waals surface area contributed by atoms with E-state index >= 15 is 0 Å². The van der Waals surface area contributed by atoms with Crippen LogP contribution < -0.4 is 0 Å². The summed E-state index contributed by atoms with van der Waals surface area (Å²) in [5.41, 5.74) is 3.67. The highest BCUT2D eigenvalue weighted by Gasteiger charge is 2.34. The molecule has 0 aliphatic carbocycles. The van der Waals surface area contributed by atoms with E-state index in [1.54, 1.807) is 30.3 Å². The second-order valence-corrected chi connectivity index (χ2v) is 6.33. The van der Waals surface area contributed by atoms with Gasteiger partial charge < -0.3 is 0 Å². The van der Waals surface area contributed by atoms with Gasteiger partial charge in [-0.25, -0.2) is 0 Å². The second-order valence-electron chi connectivity index (χ2n) is 5.92. The number of carbonyl (C=O) groups excluding carboxylic acids is 2. The van der Waals surface area contributed by atoms with Crippen LogP contribution in [0.2, 0.25) is 5.02 Å². The van der Waals surface area contributed by atoms with E-state index in [1.165, 1.54) is 4.90 Å². The monoisotopic (exact) mass is 347 g/mol. The molecule has 1 aliphatic heterocycles. The maximum Gasteiger partial charge on any atom is 0.261 e. The highest BCUT2D eigenvalue weighted by molar-refractivity contribution is 6.33. The molecule has 3 nitrogen and oxygen atoms in total. The molecular weight excluding hydrogens is 334 g/mol. The fourth-order valence-corrected chi connectivity index (χ4v) is 3.30. The SMILES string of the molecule is O=C1c2ccccc2C(=O)N1Cc1ccc(Cl)c(-c2ccccc2)c1. The van der Waals surface area contributed by atoms with E-state index in [9.17, 15) is 9.59 Å². The van der Waals surface area contributed by atoms with Gasteiger partial charge in [0.25, 0.3) is 11.8 Å². The van der Waals surface area contributed by atoms with Crippen molar-refractivity contribution in [3.05, 3.63) is 94.5 Å². The average Bonchev–Trinajstić information content (AvgIpc) is 2.89. The zero-order valence-electron chi connectivity index (χ0n) is 13.3. The molecule has 3 aromatic carbocycles. The summed E-state index contributed by atoms with van der Waals surface area (Å²) in [6, 6.07) is 22.3. The quantitative estimate of drug-likeness (QED) is 0.638. The van der Waals surface area contributed by atoms with Crippen LogP contribution in [0, 0.1) is 0 Å². The Labute approximate surface area is 150 Å². The van der Waals surface area contributed by atoms with E-state index in [0.29, 0.717) is 16.1 Å². The van der Waals surface area contributed by atoms with Crippen molar-refractivity contribution in [1.29, 1.82) is 0 Å². The fraction of sp³-hybridized carbons (Fsp3) is 0.0476. The van der Waals surface area contributed by atoms with Gasteiger partial charge in [-0.05, 0) is 35.4 Å². The average molecular weight is 348 g/mol. The zero-order valence-corrected chi connectivity index (χ0v) is 14.0. The van der Waals surface area contributed by atoms with E-state index in [2.05, 4.69) is 0 Å². The van der Waals surface area contributed by atoms with Crippen LogP contribution in [0.5, 0.6) is 0 Å². The first-order chi connectivity index (χ1) is 12.1. The lowest BCUT2D eigenvalue weighted by atomic mass is 10.0. The van der Waals surface area contributed by atoms with E-state index < -0.39 is 0 Å². The van der Waals surface area contributed by atoms with E-state index in [4.69, 9.17) is 11.6 Å². The summed E-state index contributed by atoms with van der Waals surface area (Å²) in [5.74, 6) is -0.506. The molecule has 0 N–H and O–H groups in total. The van der Waals surface area contributed by atoms with Crippen LogP contribution in [0.4, 0.5) is 0 Å². The summed E-state index contributed by atoms with van der Waals surface area (Å²) in [6.45, 7) is 0.226. The Morgan fingerprint density at radius 1 is 0.720 bits per heavy atom. The van der Waals surface area contributed by atoms with Gasteiger partial charge in [0.1, 0.15) is 0 Å². The smallest absolute Gasteiger partial charge is 0.261 e. The van der Waals surface area contributed by atoms with Gasteiger partial charge in [0.05, 0.1) is 17.7 Å². The number of amides is 2. The molecule has 0 atom stereocenters. The van der Waals surface area contributed by atoms with Gasteiger partial charge >= 0.3 is 0 Å². The molecule has 25 heavy (non-hydrogen) atoms. The summed E-state index contributed by atoms with van der Waals surface area (Å²) >= 11 is 6.33. The van der Waals surface area contributed by atoms with Crippen molar-refractivity contribution in [2.24, 2.45) is 0 Å². The highest BCUT2D eigenvalue weighted by Crippen LogP contribution is 2.30. The summed E-state index contributed by atoms with van der Waals surface area (Å²) in [4.78, 5) is 26.3. The molecule has 0 bridgehead atoms.